The van der Waals surface area contributed by atoms with Crippen LogP contribution in [0.3, 0.4) is 0 Å². The molecule has 116 valence electrons. The van der Waals surface area contributed by atoms with E-state index in [0.717, 1.165) is 0 Å². The molecule has 23 heavy (non-hydrogen) atoms. The average molecular weight is 309 g/mol. The highest BCUT2D eigenvalue weighted by Gasteiger charge is 2.15. The number of carbonyl (C=O) groups is 1. The SMILES string of the molecule is COc1ccc(OC(=O)c2cn(C)c(=O)c3ccccc23)cc1. The molecule has 5 heteroatoms. The molecule has 0 N–H and O–H groups in total. The van der Waals surface area contributed by atoms with Crippen molar-refractivity contribution in [3.8, 4) is 11.5 Å². The molecular formula is C18H15NO4. The van der Waals surface area contributed by atoms with Gasteiger partial charge in [-0.05, 0) is 30.3 Å². The lowest BCUT2D eigenvalue weighted by molar-refractivity contribution is 0.0736. The second-order valence-corrected chi connectivity index (χ2v) is 5.07. The molecule has 0 saturated carbocycles. The number of fused-ring (bicyclic) bond motifs is 1. The lowest BCUT2D eigenvalue weighted by atomic mass is 10.1. The van der Waals surface area contributed by atoms with E-state index in [1.807, 2.05) is 0 Å². The zero-order valence-electron chi connectivity index (χ0n) is 12.8. The summed E-state index contributed by atoms with van der Waals surface area (Å²) in [4.78, 5) is 24.6. The molecule has 0 bridgehead atoms. The van der Waals surface area contributed by atoms with Crippen molar-refractivity contribution < 1.29 is 14.3 Å². The molecule has 1 aromatic heterocycles. The van der Waals surface area contributed by atoms with Crippen LogP contribution in [-0.4, -0.2) is 17.6 Å². The molecule has 3 aromatic rings. The number of esters is 1. The molecule has 0 aliphatic heterocycles. The van der Waals surface area contributed by atoms with E-state index in [4.69, 9.17) is 9.47 Å². The van der Waals surface area contributed by atoms with Gasteiger partial charge in [0.15, 0.2) is 0 Å². The Morgan fingerprint density at radius 2 is 1.57 bits per heavy atom. The van der Waals surface area contributed by atoms with Crippen molar-refractivity contribution >= 4 is 16.7 Å². The molecule has 5 nitrogen and oxygen atoms in total. The fourth-order valence-corrected chi connectivity index (χ4v) is 2.38. The van der Waals surface area contributed by atoms with Gasteiger partial charge in [-0.1, -0.05) is 18.2 Å². The topological polar surface area (TPSA) is 57.5 Å². The fraction of sp³-hybridized carbons (Fsp3) is 0.111. The summed E-state index contributed by atoms with van der Waals surface area (Å²) < 4.78 is 11.8. The van der Waals surface area contributed by atoms with Crippen LogP contribution in [0.4, 0.5) is 0 Å². The van der Waals surface area contributed by atoms with Gasteiger partial charge in [0.2, 0.25) is 0 Å². The van der Waals surface area contributed by atoms with Crippen LogP contribution < -0.4 is 15.0 Å². The Labute approximate surface area is 132 Å². The standard InChI is InChI=1S/C18H15NO4/c1-19-11-16(14-5-3-4-6-15(14)17(19)20)18(21)23-13-9-7-12(22-2)8-10-13/h3-11H,1-2H3. The molecule has 1 heterocycles. The molecule has 0 aliphatic carbocycles. The summed E-state index contributed by atoms with van der Waals surface area (Å²) >= 11 is 0. The fourth-order valence-electron chi connectivity index (χ4n) is 2.38. The summed E-state index contributed by atoms with van der Waals surface area (Å²) in [5, 5.41) is 1.06. The summed E-state index contributed by atoms with van der Waals surface area (Å²) in [5.41, 5.74) is 0.195. The number of rotatable bonds is 3. The summed E-state index contributed by atoms with van der Waals surface area (Å²) in [6.45, 7) is 0. The van der Waals surface area contributed by atoms with E-state index in [2.05, 4.69) is 0 Å². The highest BCUT2D eigenvalue weighted by Crippen LogP contribution is 2.20. The number of aromatic nitrogens is 1. The Kier molecular flexibility index (Phi) is 3.85. The van der Waals surface area contributed by atoms with Crippen LogP contribution in [0.1, 0.15) is 10.4 Å². The minimum atomic E-state index is -0.512. The van der Waals surface area contributed by atoms with Gasteiger partial charge in [0.05, 0.1) is 12.7 Å². The van der Waals surface area contributed by atoms with E-state index >= 15 is 0 Å². The molecule has 0 unspecified atom stereocenters. The maximum atomic E-state index is 12.5. The average Bonchev–Trinajstić information content (AvgIpc) is 2.58. The van der Waals surface area contributed by atoms with Crippen LogP contribution in [-0.2, 0) is 7.05 Å². The smallest absolute Gasteiger partial charge is 0.345 e. The van der Waals surface area contributed by atoms with Crippen LogP contribution in [0, 0.1) is 0 Å². The summed E-state index contributed by atoms with van der Waals surface area (Å²) in [6.07, 6.45) is 1.50. The number of carbonyl (C=O) groups excluding carboxylic acids is 1. The predicted octanol–water partition coefficient (Wildman–Crippen LogP) is 2.77. The Morgan fingerprint density at radius 1 is 0.957 bits per heavy atom. The van der Waals surface area contributed by atoms with E-state index in [0.29, 0.717) is 27.8 Å². The van der Waals surface area contributed by atoms with Gasteiger partial charge in [-0.2, -0.15) is 0 Å². The van der Waals surface area contributed by atoms with Crippen molar-refractivity contribution in [2.24, 2.45) is 7.05 Å². The first kappa shape index (κ1) is 14.8. The number of methoxy groups -OCH3 is 1. The van der Waals surface area contributed by atoms with E-state index < -0.39 is 5.97 Å². The minimum Gasteiger partial charge on any atom is -0.497 e. The second-order valence-electron chi connectivity index (χ2n) is 5.07. The van der Waals surface area contributed by atoms with Gasteiger partial charge in [0, 0.05) is 24.0 Å². The molecule has 0 fully saturated rings. The van der Waals surface area contributed by atoms with Crippen molar-refractivity contribution in [2.75, 3.05) is 7.11 Å². The Balaban J connectivity index is 2.00. The monoisotopic (exact) mass is 309 g/mol. The van der Waals surface area contributed by atoms with Gasteiger partial charge >= 0.3 is 5.97 Å². The van der Waals surface area contributed by atoms with Crippen LogP contribution in [0.5, 0.6) is 11.5 Å². The first-order chi connectivity index (χ1) is 11.1. The number of ether oxygens (including phenoxy) is 2. The van der Waals surface area contributed by atoms with Gasteiger partial charge in [0.25, 0.3) is 5.56 Å². The first-order valence-electron chi connectivity index (χ1n) is 7.05. The summed E-state index contributed by atoms with van der Waals surface area (Å²) in [6, 6.07) is 13.7. The molecule has 2 aromatic carbocycles. The van der Waals surface area contributed by atoms with Gasteiger partial charge in [-0.25, -0.2) is 4.79 Å². The highest BCUT2D eigenvalue weighted by atomic mass is 16.5. The third kappa shape index (κ3) is 2.81. The quantitative estimate of drug-likeness (QED) is 0.551. The third-order valence-corrected chi connectivity index (χ3v) is 3.58. The molecule has 0 aliphatic rings. The van der Waals surface area contributed by atoms with Crippen molar-refractivity contribution in [1.29, 1.82) is 0 Å². The molecule has 0 amide bonds. The largest absolute Gasteiger partial charge is 0.497 e. The molecule has 0 spiro atoms. The molecule has 0 atom stereocenters. The Hall–Kier alpha value is -3.08. The number of aryl methyl sites for hydroxylation is 1. The van der Waals surface area contributed by atoms with Gasteiger partial charge in [-0.15, -0.1) is 0 Å². The van der Waals surface area contributed by atoms with E-state index in [1.54, 1.807) is 62.7 Å². The maximum absolute atomic E-state index is 12.5. The number of hydrogen-bond acceptors (Lipinski definition) is 4. The van der Waals surface area contributed by atoms with E-state index in [1.165, 1.54) is 10.8 Å². The van der Waals surface area contributed by atoms with Crippen molar-refractivity contribution in [3.63, 3.8) is 0 Å². The first-order valence-corrected chi connectivity index (χ1v) is 7.05. The highest BCUT2D eigenvalue weighted by molar-refractivity contribution is 6.04. The number of nitrogens with zero attached hydrogens (tertiary/aromatic N) is 1. The predicted molar refractivity (Wildman–Crippen MR) is 87.1 cm³/mol. The Bertz CT molecular complexity index is 926. The van der Waals surface area contributed by atoms with E-state index in [-0.39, 0.29) is 5.56 Å². The molecular weight excluding hydrogens is 294 g/mol. The third-order valence-electron chi connectivity index (χ3n) is 3.58. The number of hydrogen-bond donors (Lipinski definition) is 0. The number of pyridine rings is 1. The van der Waals surface area contributed by atoms with Crippen molar-refractivity contribution in [3.05, 3.63) is 70.6 Å². The molecule has 0 saturated heterocycles. The van der Waals surface area contributed by atoms with Crippen molar-refractivity contribution in [2.45, 2.75) is 0 Å². The normalized spacial score (nSPS) is 10.5. The van der Waals surface area contributed by atoms with Crippen LogP contribution in [0.2, 0.25) is 0 Å². The second kappa shape index (κ2) is 5.96. The minimum absolute atomic E-state index is 0.151. The van der Waals surface area contributed by atoms with E-state index in [9.17, 15) is 9.59 Å². The zero-order chi connectivity index (χ0) is 16.4. The van der Waals surface area contributed by atoms with Crippen LogP contribution in [0.15, 0.2) is 59.5 Å². The van der Waals surface area contributed by atoms with Crippen molar-refractivity contribution in [1.82, 2.24) is 4.57 Å². The lowest BCUT2D eigenvalue weighted by Gasteiger charge is -2.09. The maximum Gasteiger partial charge on any atom is 0.345 e. The van der Waals surface area contributed by atoms with Crippen LogP contribution in [0.25, 0.3) is 10.8 Å². The van der Waals surface area contributed by atoms with Gasteiger partial charge in [0.1, 0.15) is 11.5 Å². The molecule has 3 rings (SSSR count). The summed E-state index contributed by atoms with van der Waals surface area (Å²) in [7, 11) is 3.18. The van der Waals surface area contributed by atoms with Gasteiger partial charge < -0.3 is 14.0 Å². The Morgan fingerprint density at radius 3 is 2.22 bits per heavy atom. The lowest BCUT2D eigenvalue weighted by Crippen LogP contribution is -2.20. The van der Waals surface area contributed by atoms with Crippen LogP contribution >= 0.6 is 0 Å². The van der Waals surface area contributed by atoms with Gasteiger partial charge in [-0.3, -0.25) is 4.79 Å². The molecule has 0 radical (unpaired) electrons. The summed E-state index contributed by atoms with van der Waals surface area (Å²) in [5.74, 6) is 0.577. The number of benzene rings is 2. The zero-order valence-corrected chi connectivity index (χ0v) is 12.8.